The summed E-state index contributed by atoms with van der Waals surface area (Å²) >= 11 is 3.33. The van der Waals surface area contributed by atoms with Crippen molar-refractivity contribution in [2.75, 3.05) is 0 Å². The van der Waals surface area contributed by atoms with Crippen molar-refractivity contribution < 1.29 is 17.5 Å². The molecule has 5 nitrogen and oxygen atoms in total. The van der Waals surface area contributed by atoms with E-state index in [-0.39, 0.29) is 20.6 Å². The smallest absolute Gasteiger partial charge is 0.268 e. The van der Waals surface area contributed by atoms with Crippen molar-refractivity contribution in [1.82, 2.24) is 3.97 Å². The van der Waals surface area contributed by atoms with Gasteiger partial charge in [-0.15, -0.1) is 0 Å². The van der Waals surface area contributed by atoms with Crippen molar-refractivity contribution in [2.45, 2.75) is 11.8 Å². The highest BCUT2D eigenvalue weighted by Crippen LogP contribution is 2.39. The summed E-state index contributed by atoms with van der Waals surface area (Å²) in [6.07, 6.45) is 1.38. The molecule has 0 spiro atoms. The fourth-order valence-electron chi connectivity index (χ4n) is 3.04. The number of benzene rings is 3. The molecule has 0 unspecified atom stereocenters. The Morgan fingerprint density at radius 2 is 1.83 bits per heavy atom. The number of halogens is 2. The van der Waals surface area contributed by atoms with Gasteiger partial charge >= 0.3 is 0 Å². The quantitative estimate of drug-likeness (QED) is 0.369. The van der Waals surface area contributed by atoms with Crippen LogP contribution in [0.25, 0.3) is 10.9 Å². The summed E-state index contributed by atoms with van der Waals surface area (Å²) in [5.41, 5.74) is 1.49. The third-order valence-electron chi connectivity index (χ3n) is 4.57. The van der Waals surface area contributed by atoms with Gasteiger partial charge in [0.25, 0.3) is 10.0 Å². The number of hydrogen-bond donors (Lipinski definition) is 0. The van der Waals surface area contributed by atoms with Crippen LogP contribution in [0.15, 0.2) is 76.2 Å². The molecule has 0 radical (unpaired) electrons. The molecule has 1 aromatic heterocycles. The van der Waals surface area contributed by atoms with Crippen molar-refractivity contribution in [1.29, 1.82) is 5.26 Å². The van der Waals surface area contributed by atoms with Gasteiger partial charge in [0, 0.05) is 17.6 Å². The predicted molar refractivity (Wildman–Crippen MR) is 115 cm³/mol. The molecule has 0 saturated carbocycles. The Morgan fingerprint density at radius 1 is 1.10 bits per heavy atom. The molecule has 3 aromatic carbocycles. The molecular formula is C22H14BrFN2O3S. The highest BCUT2D eigenvalue weighted by Gasteiger charge is 2.23. The maximum absolute atomic E-state index is 14.9. The SMILES string of the molecule is Cc1ccc(S(=O)(=O)n2ccc3c(Br)c(Oc4cccc(C#N)c4)c(F)cc32)cc1. The molecular weight excluding hydrogens is 471 g/mol. The monoisotopic (exact) mass is 484 g/mol. The number of fused-ring (bicyclic) bond motifs is 1. The summed E-state index contributed by atoms with van der Waals surface area (Å²) in [6.45, 7) is 1.86. The summed E-state index contributed by atoms with van der Waals surface area (Å²) < 4.78 is 48.0. The predicted octanol–water partition coefficient (Wildman–Crippen LogP) is 5.75. The maximum Gasteiger partial charge on any atom is 0.268 e. The number of rotatable bonds is 4. The molecule has 0 aliphatic carbocycles. The van der Waals surface area contributed by atoms with Crippen molar-refractivity contribution in [3.05, 3.63) is 88.3 Å². The van der Waals surface area contributed by atoms with Crippen LogP contribution in [0.4, 0.5) is 4.39 Å². The molecule has 150 valence electrons. The van der Waals surface area contributed by atoms with E-state index in [1.165, 1.54) is 24.4 Å². The lowest BCUT2D eigenvalue weighted by Crippen LogP contribution is -2.12. The Kier molecular flexibility index (Phi) is 5.10. The van der Waals surface area contributed by atoms with Crippen molar-refractivity contribution >= 4 is 36.9 Å². The van der Waals surface area contributed by atoms with E-state index in [0.29, 0.717) is 16.7 Å². The van der Waals surface area contributed by atoms with Crippen LogP contribution in [0, 0.1) is 24.1 Å². The molecule has 0 atom stereocenters. The first-order chi connectivity index (χ1) is 14.3. The summed E-state index contributed by atoms with van der Waals surface area (Å²) in [7, 11) is -3.90. The van der Waals surface area contributed by atoms with E-state index < -0.39 is 15.8 Å². The molecule has 1 heterocycles. The molecule has 4 rings (SSSR count). The first kappa shape index (κ1) is 20.1. The van der Waals surface area contributed by atoms with Crippen LogP contribution in [-0.2, 0) is 10.0 Å². The maximum atomic E-state index is 14.9. The average molecular weight is 485 g/mol. The number of nitrogens with zero attached hydrogens (tertiary/aromatic N) is 2. The van der Waals surface area contributed by atoms with Crippen LogP contribution in [0.3, 0.4) is 0 Å². The molecule has 8 heteroatoms. The van der Waals surface area contributed by atoms with Crippen molar-refractivity contribution in [2.24, 2.45) is 0 Å². The standard InChI is InChI=1S/C22H14BrFN2O3S/c1-14-5-7-17(8-6-14)30(27,28)26-10-9-18-20(26)12-19(24)22(21(18)23)29-16-4-2-3-15(11-16)13-25/h2-12H,1H3. The van der Waals surface area contributed by atoms with Gasteiger partial charge in [-0.1, -0.05) is 23.8 Å². The van der Waals surface area contributed by atoms with Crippen molar-refractivity contribution in [3.8, 4) is 17.6 Å². The normalized spacial score (nSPS) is 11.4. The first-order valence-corrected chi connectivity index (χ1v) is 11.0. The third-order valence-corrected chi connectivity index (χ3v) is 7.06. The molecule has 0 aliphatic heterocycles. The summed E-state index contributed by atoms with van der Waals surface area (Å²) in [6, 6.07) is 17.5. The number of nitriles is 1. The van der Waals surface area contributed by atoms with Gasteiger partial charge in [0.2, 0.25) is 0 Å². The minimum atomic E-state index is -3.90. The largest absolute Gasteiger partial charge is 0.453 e. The number of aryl methyl sites for hydroxylation is 1. The molecule has 0 amide bonds. The van der Waals surface area contributed by atoms with Crippen LogP contribution >= 0.6 is 15.9 Å². The lowest BCUT2D eigenvalue weighted by molar-refractivity contribution is 0.440. The number of aromatic nitrogens is 1. The molecule has 30 heavy (non-hydrogen) atoms. The van der Waals surface area contributed by atoms with E-state index >= 15 is 0 Å². The molecule has 4 aromatic rings. The Balaban J connectivity index is 1.82. The van der Waals surface area contributed by atoms with Gasteiger partial charge in [0.05, 0.1) is 26.5 Å². The van der Waals surface area contributed by atoms with Gasteiger partial charge in [0.1, 0.15) is 5.75 Å². The second kappa shape index (κ2) is 7.59. The molecule has 0 saturated heterocycles. The van der Waals surface area contributed by atoms with E-state index in [0.717, 1.165) is 15.6 Å². The van der Waals surface area contributed by atoms with E-state index in [1.54, 1.807) is 36.4 Å². The second-order valence-electron chi connectivity index (χ2n) is 6.61. The zero-order chi connectivity index (χ0) is 21.5. The number of hydrogen-bond acceptors (Lipinski definition) is 4. The van der Waals surface area contributed by atoms with E-state index in [4.69, 9.17) is 10.00 Å². The first-order valence-electron chi connectivity index (χ1n) is 8.80. The van der Waals surface area contributed by atoms with Gasteiger partial charge in [-0.05, 0) is 59.3 Å². The van der Waals surface area contributed by atoms with Crippen LogP contribution in [0.1, 0.15) is 11.1 Å². The zero-order valence-corrected chi connectivity index (χ0v) is 18.0. The molecule has 0 fully saturated rings. The summed E-state index contributed by atoms with van der Waals surface area (Å²) in [5, 5.41) is 9.49. The van der Waals surface area contributed by atoms with Crippen LogP contribution in [-0.4, -0.2) is 12.4 Å². The number of ether oxygens (including phenoxy) is 1. The lowest BCUT2D eigenvalue weighted by atomic mass is 10.2. The van der Waals surface area contributed by atoms with E-state index in [1.807, 2.05) is 13.0 Å². The molecule has 0 N–H and O–H groups in total. The van der Waals surface area contributed by atoms with Crippen LogP contribution in [0.2, 0.25) is 0 Å². The van der Waals surface area contributed by atoms with Crippen molar-refractivity contribution in [3.63, 3.8) is 0 Å². The zero-order valence-electron chi connectivity index (χ0n) is 15.6. The van der Waals surface area contributed by atoms with E-state index in [2.05, 4.69) is 15.9 Å². The van der Waals surface area contributed by atoms with E-state index in [9.17, 15) is 12.8 Å². The fraction of sp³-hybridized carbons (Fsp3) is 0.0455. The molecule has 0 aliphatic rings. The van der Waals surface area contributed by atoms with Crippen LogP contribution in [0.5, 0.6) is 11.5 Å². The fourth-order valence-corrected chi connectivity index (χ4v) is 4.98. The lowest BCUT2D eigenvalue weighted by Gasteiger charge is -2.12. The average Bonchev–Trinajstić information content (AvgIpc) is 3.16. The Hall–Kier alpha value is -3.15. The summed E-state index contributed by atoms with van der Waals surface area (Å²) in [4.78, 5) is 0.107. The highest BCUT2D eigenvalue weighted by molar-refractivity contribution is 9.10. The Labute approximate surface area is 181 Å². The van der Waals surface area contributed by atoms with Crippen LogP contribution < -0.4 is 4.74 Å². The topological polar surface area (TPSA) is 72.1 Å². The van der Waals surface area contributed by atoms with Gasteiger partial charge in [-0.25, -0.2) is 16.8 Å². The minimum Gasteiger partial charge on any atom is -0.453 e. The Bertz CT molecular complexity index is 1420. The molecule has 0 bridgehead atoms. The van der Waals surface area contributed by atoms with Gasteiger partial charge in [-0.3, -0.25) is 0 Å². The Morgan fingerprint density at radius 3 is 2.53 bits per heavy atom. The summed E-state index contributed by atoms with van der Waals surface area (Å²) in [5.74, 6) is -0.543. The third kappa shape index (κ3) is 3.47. The van der Waals surface area contributed by atoms with Gasteiger partial charge in [-0.2, -0.15) is 5.26 Å². The minimum absolute atomic E-state index is 0.0944. The van der Waals surface area contributed by atoms with Gasteiger partial charge < -0.3 is 4.74 Å². The second-order valence-corrected chi connectivity index (χ2v) is 9.21. The van der Waals surface area contributed by atoms with Gasteiger partial charge in [0.15, 0.2) is 11.6 Å². The highest BCUT2D eigenvalue weighted by atomic mass is 79.9.